The topological polar surface area (TPSA) is 66.5 Å². The fourth-order valence-electron chi connectivity index (χ4n) is 1.40. The van der Waals surface area contributed by atoms with Gasteiger partial charge < -0.3 is 19.8 Å². The first-order valence-corrected chi connectivity index (χ1v) is 6.06. The maximum Gasteiger partial charge on any atom is 0.250 e. The van der Waals surface area contributed by atoms with Crippen LogP contribution in [0.3, 0.4) is 0 Å². The van der Waals surface area contributed by atoms with Gasteiger partial charge in [-0.15, -0.1) is 0 Å². The Hall–Kier alpha value is -1.33. The molecule has 5 heteroatoms. The van der Waals surface area contributed by atoms with Crippen LogP contribution in [0.4, 0.5) is 5.69 Å². The van der Waals surface area contributed by atoms with Crippen LogP contribution in [-0.4, -0.2) is 30.0 Å². The Kier molecular flexibility index (Phi) is 5.37. The van der Waals surface area contributed by atoms with Gasteiger partial charge in [-0.2, -0.15) is 0 Å². The first kappa shape index (κ1) is 14.7. The van der Waals surface area contributed by atoms with Crippen molar-refractivity contribution in [3.63, 3.8) is 0 Å². The van der Waals surface area contributed by atoms with Gasteiger partial charge in [0.1, 0.15) is 0 Å². The minimum Gasteiger partial charge on any atom is -0.398 e. The van der Waals surface area contributed by atoms with Crippen molar-refractivity contribution in [2.75, 3.05) is 25.6 Å². The van der Waals surface area contributed by atoms with E-state index in [4.69, 9.17) is 15.2 Å². The Morgan fingerprint density at radius 3 is 2.61 bits per heavy atom. The molecule has 0 amide bonds. The highest BCUT2D eigenvalue weighted by molar-refractivity contribution is 5.33. The summed E-state index contributed by atoms with van der Waals surface area (Å²) in [4.78, 5) is 11.4. The largest absolute Gasteiger partial charge is 0.398 e. The van der Waals surface area contributed by atoms with Crippen LogP contribution in [-0.2, 0) is 16.0 Å². The van der Waals surface area contributed by atoms with Crippen LogP contribution >= 0.6 is 0 Å². The summed E-state index contributed by atoms with van der Waals surface area (Å²) in [6.07, 6.45) is 1.62. The fraction of sp³-hybridized carbons (Fsp3) is 0.615. The summed E-state index contributed by atoms with van der Waals surface area (Å²) in [5.74, 6) is 0. The predicted octanol–water partition coefficient (Wildman–Crippen LogP) is 1.26. The molecule has 0 aliphatic rings. The second-order valence-corrected chi connectivity index (χ2v) is 5.07. The molecule has 1 heterocycles. The van der Waals surface area contributed by atoms with E-state index in [0.29, 0.717) is 32.1 Å². The maximum atomic E-state index is 11.4. The number of nitrogens with zero attached hydrogens (tertiary/aromatic N) is 1. The first-order valence-electron chi connectivity index (χ1n) is 6.06. The Morgan fingerprint density at radius 2 is 1.94 bits per heavy atom. The van der Waals surface area contributed by atoms with E-state index in [-0.39, 0.29) is 11.2 Å². The number of hydrogen-bond acceptors (Lipinski definition) is 4. The van der Waals surface area contributed by atoms with Gasteiger partial charge in [-0.05, 0) is 26.8 Å². The highest BCUT2D eigenvalue weighted by Crippen LogP contribution is 2.05. The predicted molar refractivity (Wildman–Crippen MR) is 71.6 cm³/mol. The van der Waals surface area contributed by atoms with Crippen molar-refractivity contribution in [2.45, 2.75) is 32.9 Å². The molecule has 0 radical (unpaired) electrons. The second-order valence-electron chi connectivity index (χ2n) is 5.07. The van der Waals surface area contributed by atoms with Gasteiger partial charge in [0.05, 0.1) is 25.4 Å². The van der Waals surface area contributed by atoms with E-state index in [9.17, 15) is 4.79 Å². The first-order chi connectivity index (χ1) is 8.38. The quantitative estimate of drug-likeness (QED) is 0.776. The Labute approximate surface area is 108 Å². The molecule has 0 bridgehead atoms. The minimum absolute atomic E-state index is 0.0706. The van der Waals surface area contributed by atoms with Crippen LogP contribution in [0, 0.1) is 0 Å². The normalized spacial score (nSPS) is 11.7. The Balaban J connectivity index is 2.22. The highest BCUT2D eigenvalue weighted by atomic mass is 16.5. The number of nitrogen functional groups attached to an aromatic ring is 1. The van der Waals surface area contributed by atoms with Crippen LogP contribution in [0.5, 0.6) is 0 Å². The van der Waals surface area contributed by atoms with Crippen molar-refractivity contribution in [3.8, 4) is 0 Å². The van der Waals surface area contributed by atoms with Crippen molar-refractivity contribution in [2.24, 2.45) is 0 Å². The van der Waals surface area contributed by atoms with E-state index in [0.717, 1.165) is 0 Å². The summed E-state index contributed by atoms with van der Waals surface area (Å²) in [7, 11) is 0. The monoisotopic (exact) mass is 254 g/mol. The standard InChI is InChI=1S/C13H22N2O3/c1-13(2,3)18-9-8-17-7-6-15-10-11(14)4-5-12(15)16/h4-5,10H,6-9,14H2,1-3H3. The molecule has 18 heavy (non-hydrogen) atoms. The summed E-state index contributed by atoms with van der Waals surface area (Å²) in [5.41, 5.74) is 5.97. The molecule has 0 saturated heterocycles. The van der Waals surface area contributed by atoms with E-state index in [1.807, 2.05) is 20.8 Å². The number of anilines is 1. The molecule has 102 valence electrons. The zero-order valence-electron chi connectivity index (χ0n) is 11.3. The lowest BCUT2D eigenvalue weighted by Gasteiger charge is -2.19. The molecule has 1 aromatic heterocycles. The molecular formula is C13H22N2O3. The summed E-state index contributed by atoms with van der Waals surface area (Å²) in [5, 5.41) is 0. The van der Waals surface area contributed by atoms with Crippen molar-refractivity contribution in [3.05, 3.63) is 28.7 Å². The molecule has 0 aliphatic heterocycles. The van der Waals surface area contributed by atoms with Crippen molar-refractivity contribution in [1.29, 1.82) is 0 Å². The van der Waals surface area contributed by atoms with Crippen molar-refractivity contribution < 1.29 is 9.47 Å². The Bertz CT molecular complexity index is 421. The molecule has 0 spiro atoms. The van der Waals surface area contributed by atoms with Crippen LogP contribution in [0.25, 0.3) is 0 Å². The van der Waals surface area contributed by atoms with Crippen LogP contribution in [0.1, 0.15) is 20.8 Å². The van der Waals surface area contributed by atoms with Gasteiger partial charge in [0.15, 0.2) is 0 Å². The molecule has 0 saturated carbocycles. The molecule has 1 aromatic rings. The van der Waals surface area contributed by atoms with Crippen LogP contribution in [0.2, 0.25) is 0 Å². The molecule has 0 aromatic carbocycles. The van der Waals surface area contributed by atoms with Crippen LogP contribution < -0.4 is 11.3 Å². The summed E-state index contributed by atoms with van der Waals surface area (Å²) in [6.45, 7) is 8.04. The Morgan fingerprint density at radius 1 is 1.22 bits per heavy atom. The molecule has 0 unspecified atom stereocenters. The fourth-order valence-corrected chi connectivity index (χ4v) is 1.40. The van der Waals surface area contributed by atoms with Gasteiger partial charge in [-0.3, -0.25) is 4.79 Å². The second kappa shape index (κ2) is 6.56. The van der Waals surface area contributed by atoms with E-state index in [1.165, 1.54) is 6.07 Å². The summed E-state index contributed by atoms with van der Waals surface area (Å²) in [6, 6.07) is 3.05. The molecule has 1 rings (SSSR count). The lowest BCUT2D eigenvalue weighted by molar-refractivity contribution is -0.0356. The zero-order valence-corrected chi connectivity index (χ0v) is 11.3. The third kappa shape index (κ3) is 5.84. The van der Waals surface area contributed by atoms with Gasteiger partial charge in [0, 0.05) is 24.5 Å². The molecule has 5 nitrogen and oxygen atoms in total. The molecule has 2 N–H and O–H groups in total. The molecule has 0 aliphatic carbocycles. The smallest absolute Gasteiger partial charge is 0.250 e. The van der Waals surface area contributed by atoms with Crippen molar-refractivity contribution in [1.82, 2.24) is 4.57 Å². The van der Waals surface area contributed by atoms with E-state index < -0.39 is 0 Å². The molecule has 0 fully saturated rings. The van der Waals surface area contributed by atoms with Gasteiger partial charge >= 0.3 is 0 Å². The number of ether oxygens (including phenoxy) is 2. The summed E-state index contributed by atoms with van der Waals surface area (Å²) >= 11 is 0. The van der Waals surface area contributed by atoms with Gasteiger partial charge in [0.2, 0.25) is 0 Å². The summed E-state index contributed by atoms with van der Waals surface area (Å²) < 4.78 is 12.5. The van der Waals surface area contributed by atoms with Gasteiger partial charge in [-0.25, -0.2) is 0 Å². The number of nitrogens with two attached hydrogens (primary N) is 1. The van der Waals surface area contributed by atoms with E-state index >= 15 is 0 Å². The number of rotatable bonds is 6. The average Bonchev–Trinajstić information content (AvgIpc) is 2.26. The number of hydrogen-bond donors (Lipinski definition) is 1. The van der Waals surface area contributed by atoms with E-state index in [2.05, 4.69) is 0 Å². The lowest BCUT2D eigenvalue weighted by Crippen LogP contribution is -2.24. The average molecular weight is 254 g/mol. The highest BCUT2D eigenvalue weighted by Gasteiger charge is 2.08. The number of aromatic nitrogens is 1. The zero-order chi connectivity index (χ0) is 13.6. The molecule has 0 atom stereocenters. The SMILES string of the molecule is CC(C)(C)OCCOCCn1cc(N)ccc1=O. The molecular weight excluding hydrogens is 232 g/mol. The maximum absolute atomic E-state index is 11.4. The minimum atomic E-state index is -0.145. The lowest BCUT2D eigenvalue weighted by atomic mass is 10.2. The number of pyridine rings is 1. The third-order valence-electron chi connectivity index (χ3n) is 2.25. The van der Waals surface area contributed by atoms with Gasteiger partial charge in [-0.1, -0.05) is 0 Å². The van der Waals surface area contributed by atoms with Crippen LogP contribution in [0.15, 0.2) is 23.1 Å². The van der Waals surface area contributed by atoms with Crippen molar-refractivity contribution >= 4 is 5.69 Å². The van der Waals surface area contributed by atoms with E-state index in [1.54, 1.807) is 16.8 Å². The van der Waals surface area contributed by atoms with Gasteiger partial charge in [0.25, 0.3) is 5.56 Å². The third-order valence-corrected chi connectivity index (χ3v) is 2.25.